The molecule has 0 amide bonds. The Hall–Kier alpha value is -1.23. The zero-order valence-corrected chi connectivity index (χ0v) is 11.8. The minimum absolute atomic E-state index is 0.522. The molecule has 0 aliphatic heterocycles. The number of hydrogen-bond donors (Lipinski definition) is 1. The third-order valence-electron chi connectivity index (χ3n) is 3.55. The summed E-state index contributed by atoms with van der Waals surface area (Å²) >= 11 is 1.83. The fourth-order valence-corrected chi connectivity index (χ4v) is 3.10. The van der Waals surface area contributed by atoms with Gasteiger partial charge in [0.1, 0.15) is 0 Å². The molecule has 0 aromatic carbocycles. The number of nitrogens with two attached hydrogens (primary N) is 1. The highest BCUT2D eigenvalue weighted by Crippen LogP contribution is 2.30. The molecule has 2 N–H and O–H groups in total. The summed E-state index contributed by atoms with van der Waals surface area (Å²) in [4.78, 5) is 8.37. The van der Waals surface area contributed by atoms with E-state index >= 15 is 0 Å². The highest BCUT2D eigenvalue weighted by molar-refractivity contribution is 7.09. The Morgan fingerprint density at radius 2 is 2.16 bits per heavy atom. The minimum atomic E-state index is 0.522. The maximum Gasteiger partial charge on any atom is 0.0584 e. The van der Waals surface area contributed by atoms with E-state index in [2.05, 4.69) is 33.5 Å². The molecule has 0 saturated heterocycles. The number of hydrogen-bond acceptors (Lipinski definition) is 4. The summed E-state index contributed by atoms with van der Waals surface area (Å²) in [6.07, 6.45) is 4.47. The lowest BCUT2D eigenvalue weighted by Gasteiger charge is -2.22. The van der Waals surface area contributed by atoms with Crippen molar-refractivity contribution in [3.8, 4) is 0 Å². The minimum Gasteiger partial charge on any atom is -0.325 e. The van der Waals surface area contributed by atoms with Crippen LogP contribution in [-0.4, -0.2) is 15.9 Å². The predicted molar refractivity (Wildman–Crippen MR) is 78.7 cm³/mol. The molecule has 2 aromatic heterocycles. The molecule has 0 unspecified atom stereocenters. The predicted octanol–water partition coefficient (Wildman–Crippen LogP) is 2.77. The van der Waals surface area contributed by atoms with Crippen molar-refractivity contribution in [1.29, 1.82) is 0 Å². The van der Waals surface area contributed by atoms with Gasteiger partial charge >= 0.3 is 0 Å². The molecule has 2 heterocycles. The molecule has 1 aliphatic rings. The second kappa shape index (κ2) is 5.82. The molecule has 100 valence electrons. The van der Waals surface area contributed by atoms with Crippen molar-refractivity contribution in [1.82, 2.24) is 9.88 Å². The maximum atomic E-state index is 5.78. The molecule has 1 fully saturated rings. The van der Waals surface area contributed by atoms with Crippen LogP contribution in [-0.2, 0) is 19.6 Å². The molecular weight excluding hydrogens is 254 g/mol. The Morgan fingerprint density at radius 1 is 1.26 bits per heavy atom. The summed E-state index contributed by atoms with van der Waals surface area (Å²) in [5.74, 6) is 0. The molecule has 3 rings (SSSR count). The highest BCUT2D eigenvalue weighted by Gasteiger charge is 2.29. The van der Waals surface area contributed by atoms with Crippen molar-refractivity contribution in [2.24, 2.45) is 5.73 Å². The van der Waals surface area contributed by atoms with Gasteiger partial charge in [0.25, 0.3) is 0 Å². The van der Waals surface area contributed by atoms with Crippen molar-refractivity contribution in [2.45, 2.75) is 38.5 Å². The van der Waals surface area contributed by atoms with Crippen LogP contribution in [0.1, 0.15) is 29.0 Å². The summed E-state index contributed by atoms with van der Waals surface area (Å²) < 4.78 is 0. The monoisotopic (exact) mass is 273 g/mol. The third kappa shape index (κ3) is 3.21. The first kappa shape index (κ1) is 12.8. The molecule has 1 saturated carbocycles. The van der Waals surface area contributed by atoms with E-state index in [-0.39, 0.29) is 0 Å². The summed E-state index contributed by atoms with van der Waals surface area (Å²) in [5, 5.41) is 2.15. The van der Waals surface area contributed by atoms with Gasteiger partial charge in [-0.1, -0.05) is 12.1 Å². The molecule has 1 aliphatic carbocycles. The Labute approximate surface area is 118 Å². The number of thiophene rings is 1. The summed E-state index contributed by atoms with van der Waals surface area (Å²) in [6.45, 7) is 2.53. The molecule has 19 heavy (non-hydrogen) atoms. The van der Waals surface area contributed by atoms with E-state index in [1.54, 1.807) is 0 Å². The Kier molecular flexibility index (Phi) is 3.92. The second-order valence-corrected chi connectivity index (χ2v) is 6.06. The van der Waals surface area contributed by atoms with Crippen LogP contribution in [0.5, 0.6) is 0 Å². The molecule has 0 spiro atoms. The number of nitrogens with zero attached hydrogens (tertiary/aromatic N) is 2. The van der Waals surface area contributed by atoms with E-state index in [1.807, 2.05) is 23.6 Å². The van der Waals surface area contributed by atoms with Crippen molar-refractivity contribution >= 4 is 11.3 Å². The van der Waals surface area contributed by atoms with E-state index in [1.165, 1.54) is 23.3 Å². The maximum absolute atomic E-state index is 5.78. The normalized spacial score (nSPS) is 15.1. The lowest BCUT2D eigenvalue weighted by molar-refractivity contribution is 0.247. The molecule has 0 bridgehead atoms. The lowest BCUT2D eigenvalue weighted by Crippen LogP contribution is -2.25. The van der Waals surface area contributed by atoms with E-state index in [4.69, 9.17) is 5.73 Å². The van der Waals surface area contributed by atoms with Crippen molar-refractivity contribution < 1.29 is 0 Å². The first-order valence-electron chi connectivity index (χ1n) is 6.76. The smallest absolute Gasteiger partial charge is 0.0584 e. The van der Waals surface area contributed by atoms with Crippen LogP contribution >= 0.6 is 11.3 Å². The highest BCUT2D eigenvalue weighted by atomic mass is 32.1. The molecule has 3 nitrogen and oxygen atoms in total. The molecule has 2 aromatic rings. The van der Waals surface area contributed by atoms with E-state index in [0.29, 0.717) is 6.54 Å². The van der Waals surface area contributed by atoms with E-state index in [9.17, 15) is 0 Å². The van der Waals surface area contributed by atoms with Crippen LogP contribution in [0.15, 0.2) is 35.8 Å². The largest absolute Gasteiger partial charge is 0.325 e. The Bertz CT molecular complexity index is 520. The summed E-state index contributed by atoms with van der Waals surface area (Å²) in [6, 6.07) is 9.24. The fraction of sp³-hybridized carbons (Fsp3) is 0.400. The summed E-state index contributed by atoms with van der Waals surface area (Å²) in [7, 11) is 0. The first-order chi connectivity index (χ1) is 9.36. The lowest BCUT2D eigenvalue weighted by atomic mass is 10.1. The third-order valence-corrected chi connectivity index (χ3v) is 4.41. The van der Waals surface area contributed by atoms with Crippen LogP contribution in [0.2, 0.25) is 0 Å². The van der Waals surface area contributed by atoms with Crippen LogP contribution < -0.4 is 5.73 Å². The topological polar surface area (TPSA) is 42.1 Å². The van der Waals surface area contributed by atoms with Gasteiger partial charge in [0.05, 0.1) is 5.69 Å². The van der Waals surface area contributed by atoms with Crippen molar-refractivity contribution in [2.75, 3.05) is 0 Å². The van der Waals surface area contributed by atoms with E-state index < -0.39 is 0 Å². The number of rotatable bonds is 6. The van der Waals surface area contributed by atoms with Gasteiger partial charge < -0.3 is 5.73 Å². The number of pyridine rings is 1. The van der Waals surface area contributed by atoms with Gasteiger partial charge in [-0.15, -0.1) is 11.3 Å². The van der Waals surface area contributed by atoms with Gasteiger partial charge in [-0.3, -0.25) is 9.88 Å². The van der Waals surface area contributed by atoms with Crippen LogP contribution in [0, 0.1) is 0 Å². The van der Waals surface area contributed by atoms with E-state index in [0.717, 1.165) is 24.8 Å². The summed E-state index contributed by atoms with van der Waals surface area (Å²) in [5.41, 5.74) is 8.07. The Balaban J connectivity index is 1.74. The van der Waals surface area contributed by atoms with Gasteiger partial charge in [-0.05, 0) is 35.9 Å². The number of aromatic nitrogens is 1. The standard InChI is InChI=1S/C15H19N3S/c16-9-15-12(3-1-7-17-15)10-18(13-5-6-13)11-14-4-2-8-19-14/h1-4,7-8,13H,5-6,9-11,16H2. The van der Waals surface area contributed by atoms with Gasteiger partial charge in [0, 0.05) is 36.8 Å². The van der Waals surface area contributed by atoms with Crippen LogP contribution in [0.25, 0.3) is 0 Å². The molecule has 4 heteroatoms. The zero-order chi connectivity index (χ0) is 13.1. The Morgan fingerprint density at radius 3 is 2.84 bits per heavy atom. The van der Waals surface area contributed by atoms with Gasteiger partial charge in [-0.2, -0.15) is 0 Å². The first-order valence-corrected chi connectivity index (χ1v) is 7.64. The molecular formula is C15H19N3S. The molecule has 0 atom stereocenters. The average molecular weight is 273 g/mol. The van der Waals surface area contributed by atoms with Gasteiger partial charge in [-0.25, -0.2) is 0 Å². The van der Waals surface area contributed by atoms with Crippen LogP contribution in [0.4, 0.5) is 0 Å². The van der Waals surface area contributed by atoms with Gasteiger partial charge in [0.15, 0.2) is 0 Å². The van der Waals surface area contributed by atoms with Crippen molar-refractivity contribution in [3.63, 3.8) is 0 Å². The quantitative estimate of drug-likeness (QED) is 0.880. The zero-order valence-electron chi connectivity index (χ0n) is 11.0. The SMILES string of the molecule is NCc1ncccc1CN(Cc1cccs1)C1CC1. The second-order valence-electron chi connectivity index (χ2n) is 5.03. The molecule has 0 radical (unpaired) electrons. The van der Waals surface area contributed by atoms with Gasteiger partial charge in [0.2, 0.25) is 0 Å². The fourth-order valence-electron chi connectivity index (χ4n) is 2.37. The van der Waals surface area contributed by atoms with Crippen LogP contribution in [0.3, 0.4) is 0 Å². The average Bonchev–Trinajstić information content (AvgIpc) is 3.17. The van der Waals surface area contributed by atoms with Crippen molar-refractivity contribution in [3.05, 3.63) is 52.0 Å².